The normalized spacial score (nSPS) is 29.2. The third kappa shape index (κ3) is 3.71. The molecular formula is C15H25NO3. The molecule has 0 spiro atoms. The van der Waals surface area contributed by atoms with Gasteiger partial charge in [0.2, 0.25) is 5.91 Å². The zero-order chi connectivity index (χ0) is 13.8. The van der Waals surface area contributed by atoms with Crippen LogP contribution in [0, 0.1) is 11.8 Å². The van der Waals surface area contributed by atoms with E-state index in [9.17, 15) is 9.59 Å². The number of aliphatic carboxylic acids is 1. The van der Waals surface area contributed by atoms with Crippen LogP contribution in [0.1, 0.15) is 58.3 Å². The van der Waals surface area contributed by atoms with E-state index in [0.29, 0.717) is 25.3 Å². The fourth-order valence-corrected chi connectivity index (χ4v) is 3.41. The van der Waals surface area contributed by atoms with Crippen molar-refractivity contribution >= 4 is 11.9 Å². The number of carbonyl (C=O) groups is 2. The molecule has 0 bridgehead atoms. The summed E-state index contributed by atoms with van der Waals surface area (Å²) >= 11 is 0. The summed E-state index contributed by atoms with van der Waals surface area (Å²) in [5.41, 5.74) is 0. The fraction of sp³-hybridized carbons (Fsp3) is 0.867. The Morgan fingerprint density at radius 1 is 1.11 bits per heavy atom. The zero-order valence-electron chi connectivity index (χ0n) is 11.8. The van der Waals surface area contributed by atoms with Crippen molar-refractivity contribution in [3.63, 3.8) is 0 Å². The van der Waals surface area contributed by atoms with E-state index in [-0.39, 0.29) is 17.9 Å². The SMILES string of the molecule is CC1CCC(C(=O)O)CN1C(=O)CC1CCCCC1. The highest BCUT2D eigenvalue weighted by Crippen LogP contribution is 2.29. The highest BCUT2D eigenvalue weighted by Gasteiger charge is 2.33. The van der Waals surface area contributed by atoms with Crippen LogP contribution in [0.25, 0.3) is 0 Å². The second-order valence-corrected chi connectivity index (χ2v) is 6.22. The minimum Gasteiger partial charge on any atom is -0.481 e. The van der Waals surface area contributed by atoms with Crippen LogP contribution in [0.2, 0.25) is 0 Å². The Kier molecular flexibility index (Phi) is 4.83. The molecule has 1 aliphatic carbocycles. The molecule has 4 heteroatoms. The maximum Gasteiger partial charge on any atom is 0.308 e. The van der Waals surface area contributed by atoms with Gasteiger partial charge in [-0.25, -0.2) is 0 Å². The summed E-state index contributed by atoms with van der Waals surface area (Å²) in [6, 6.07) is 0.201. The molecular weight excluding hydrogens is 242 g/mol. The quantitative estimate of drug-likeness (QED) is 0.855. The van der Waals surface area contributed by atoms with Crippen molar-refractivity contribution in [1.82, 2.24) is 4.90 Å². The van der Waals surface area contributed by atoms with E-state index in [1.807, 2.05) is 11.8 Å². The second-order valence-electron chi connectivity index (χ2n) is 6.22. The molecule has 0 aromatic heterocycles. The smallest absolute Gasteiger partial charge is 0.308 e. The largest absolute Gasteiger partial charge is 0.481 e. The Morgan fingerprint density at radius 2 is 1.79 bits per heavy atom. The molecule has 2 rings (SSSR count). The molecule has 0 aromatic rings. The molecule has 2 fully saturated rings. The standard InChI is InChI=1S/C15H25NO3/c1-11-7-8-13(15(18)19)10-16(11)14(17)9-12-5-3-2-4-6-12/h11-13H,2-10H2,1H3,(H,18,19). The zero-order valence-corrected chi connectivity index (χ0v) is 11.8. The first-order valence-corrected chi connectivity index (χ1v) is 7.60. The monoisotopic (exact) mass is 267 g/mol. The number of likely N-dealkylation sites (tertiary alicyclic amines) is 1. The van der Waals surface area contributed by atoms with E-state index in [1.54, 1.807) is 0 Å². The maximum atomic E-state index is 12.4. The Labute approximate surface area is 115 Å². The molecule has 1 aliphatic heterocycles. The maximum absolute atomic E-state index is 12.4. The Balaban J connectivity index is 1.90. The molecule has 1 saturated heterocycles. The van der Waals surface area contributed by atoms with Gasteiger partial charge < -0.3 is 10.0 Å². The first-order valence-electron chi connectivity index (χ1n) is 7.60. The van der Waals surface area contributed by atoms with Gasteiger partial charge in [-0.3, -0.25) is 9.59 Å². The predicted octanol–water partition coefficient (Wildman–Crippen LogP) is 2.67. The molecule has 0 aromatic carbocycles. The van der Waals surface area contributed by atoms with E-state index in [0.717, 1.165) is 19.3 Å². The van der Waals surface area contributed by atoms with Gasteiger partial charge in [-0.05, 0) is 38.5 Å². The summed E-state index contributed by atoms with van der Waals surface area (Å²) in [5.74, 6) is -0.433. The number of hydrogen-bond acceptors (Lipinski definition) is 2. The summed E-state index contributed by atoms with van der Waals surface area (Å²) in [7, 11) is 0. The van der Waals surface area contributed by atoms with E-state index < -0.39 is 5.97 Å². The van der Waals surface area contributed by atoms with Gasteiger partial charge in [-0.2, -0.15) is 0 Å². The van der Waals surface area contributed by atoms with Crippen molar-refractivity contribution in [2.75, 3.05) is 6.54 Å². The van der Waals surface area contributed by atoms with E-state index in [1.165, 1.54) is 19.3 Å². The first-order chi connectivity index (χ1) is 9.08. The van der Waals surface area contributed by atoms with Gasteiger partial charge in [0.1, 0.15) is 0 Å². The highest BCUT2D eigenvalue weighted by atomic mass is 16.4. The topological polar surface area (TPSA) is 57.6 Å². The summed E-state index contributed by atoms with van der Waals surface area (Å²) in [5, 5.41) is 9.11. The third-order valence-corrected chi connectivity index (χ3v) is 4.74. The minimum atomic E-state index is -0.762. The van der Waals surface area contributed by atoms with Crippen LogP contribution >= 0.6 is 0 Å². The van der Waals surface area contributed by atoms with Crippen LogP contribution in [0.5, 0.6) is 0 Å². The molecule has 108 valence electrons. The lowest BCUT2D eigenvalue weighted by Gasteiger charge is -2.37. The molecule has 19 heavy (non-hydrogen) atoms. The second kappa shape index (κ2) is 6.40. The van der Waals surface area contributed by atoms with Gasteiger partial charge in [-0.15, -0.1) is 0 Å². The van der Waals surface area contributed by atoms with Gasteiger partial charge >= 0.3 is 5.97 Å². The van der Waals surface area contributed by atoms with Gasteiger partial charge in [-0.1, -0.05) is 19.3 Å². The van der Waals surface area contributed by atoms with Gasteiger partial charge in [0, 0.05) is 19.0 Å². The minimum absolute atomic E-state index is 0.172. The van der Waals surface area contributed by atoms with Gasteiger partial charge in [0.05, 0.1) is 5.92 Å². The van der Waals surface area contributed by atoms with Crippen LogP contribution in [-0.4, -0.2) is 34.5 Å². The van der Waals surface area contributed by atoms with Gasteiger partial charge in [0.25, 0.3) is 0 Å². The summed E-state index contributed by atoms with van der Waals surface area (Å²) in [6.07, 6.45) is 8.24. The number of carboxylic acid groups (broad SMARTS) is 1. The number of nitrogens with zero attached hydrogens (tertiary/aromatic N) is 1. The van der Waals surface area contributed by atoms with Crippen molar-refractivity contribution in [3.05, 3.63) is 0 Å². The molecule has 2 atom stereocenters. The lowest BCUT2D eigenvalue weighted by molar-refractivity contribution is -0.147. The van der Waals surface area contributed by atoms with Gasteiger partial charge in [0.15, 0.2) is 0 Å². The van der Waals surface area contributed by atoms with Crippen molar-refractivity contribution < 1.29 is 14.7 Å². The molecule has 1 heterocycles. The molecule has 1 saturated carbocycles. The molecule has 1 N–H and O–H groups in total. The summed E-state index contributed by atoms with van der Waals surface area (Å²) < 4.78 is 0. The number of carboxylic acids is 1. The van der Waals surface area contributed by atoms with Crippen molar-refractivity contribution in [2.24, 2.45) is 11.8 Å². The lowest BCUT2D eigenvalue weighted by Crippen LogP contribution is -2.47. The average Bonchev–Trinajstić information content (AvgIpc) is 2.40. The third-order valence-electron chi connectivity index (χ3n) is 4.74. The summed E-state index contributed by atoms with van der Waals surface area (Å²) in [4.78, 5) is 25.3. The summed E-state index contributed by atoms with van der Waals surface area (Å²) in [6.45, 7) is 2.44. The van der Waals surface area contributed by atoms with Crippen molar-refractivity contribution in [3.8, 4) is 0 Å². The van der Waals surface area contributed by atoms with E-state index in [2.05, 4.69) is 0 Å². The fourth-order valence-electron chi connectivity index (χ4n) is 3.41. The van der Waals surface area contributed by atoms with Crippen LogP contribution < -0.4 is 0 Å². The number of piperidine rings is 1. The number of hydrogen-bond donors (Lipinski definition) is 1. The predicted molar refractivity (Wildman–Crippen MR) is 72.7 cm³/mol. The van der Waals surface area contributed by atoms with E-state index in [4.69, 9.17) is 5.11 Å². The Bertz CT molecular complexity index is 336. The van der Waals surface area contributed by atoms with E-state index >= 15 is 0 Å². The number of carbonyl (C=O) groups excluding carboxylic acids is 1. The first kappa shape index (κ1) is 14.4. The molecule has 0 radical (unpaired) electrons. The number of amides is 1. The molecule has 2 aliphatic rings. The van der Waals surface area contributed by atoms with Crippen LogP contribution in [0.15, 0.2) is 0 Å². The van der Waals surface area contributed by atoms with Crippen LogP contribution in [0.3, 0.4) is 0 Å². The Morgan fingerprint density at radius 3 is 2.42 bits per heavy atom. The molecule has 4 nitrogen and oxygen atoms in total. The average molecular weight is 267 g/mol. The van der Waals surface area contributed by atoms with Crippen molar-refractivity contribution in [1.29, 1.82) is 0 Å². The van der Waals surface area contributed by atoms with Crippen LogP contribution in [0.4, 0.5) is 0 Å². The molecule has 2 unspecified atom stereocenters. The highest BCUT2D eigenvalue weighted by molar-refractivity contribution is 5.78. The number of rotatable bonds is 3. The Hall–Kier alpha value is -1.06. The van der Waals surface area contributed by atoms with Crippen LogP contribution in [-0.2, 0) is 9.59 Å². The lowest BCUT2D eigenvalue weighted by atomic mass is 9.86. The molecule has 1 amide bonds. The van der Waals surface area contributed by atoms with Crippen molar-refractivity contribution in [2.45, 2.75) is 64.3 Å².